The Morgan fingerprint density at radius 2 is 1.91 bits per heavy atom. The van der Waals surface area contributed by atoms with Crippen molar-refractivity contribution >= 4 is 29.2 Å². The first-order valence-electron chi connectivity index (χ1n) is 12.1. The maximum absolute atomic E-state index is 13.1. The van der Waals surface area contributed by atoms with Crippen LogP contribution >= 0.6 is 11.3 Å². The molecule has 2 heterocycles. The van der Waals surface area contributed by atoms with Crippen molar-refractivity contribution in [3.05, 3.63) is 33.8 Å². The van der Waals surface area contributed by atoms with Crippen LogP contribution in [0.4, 0.5) is 0 Å². The number of aliphatic hydroxyl groups excluding tert-OH is 1. The van der Waals surface area contributed by atoms with Crippen LogP contribution in [0.3, 0.4) is 0 Å². The third kappa shape index (κ3) is 7.61. The molecule has 1 unspecified atom stereocenters. The predicted molar refractivity (Wildman–Crippen MR) is 135 cm³/mol. The van der Waals surface area contributed by atoms with Crippen molar-refractivity contribution in [1.29, 1.82) is 0 Å². The Bertz CT molecular complexity index is 869. The van der Waals surface area contributed by atoms with Crippen LogP contribution < -0.4 is 0 Å². The standard InChI is InChI=1S/C27H41NO4S/c1-17-12-10-8-9-11-13-23(19(3)14-22-16-33-21(5)28-22)32-26(31)20(4)25(30)27(6,7)24(29)15-18(17)2/h9,11,14,16-18,20,23,25,30H,8,10,12-13,15H2,1-7H3/b11-9-,19-14+/t17-,18+,20?,23-,25-/m0/s1. The molecule has 5 nitrogen and oxygen atoms in total. The summed E-state index contributed by atoms with van der Waals surface area (Å²) in [5, 5.41) is 14.0. The summed E-state index contributed by atoms with van der Waals surface area (Å²) in [6.07, 6.45) is 8.65. The van der Waals surface area contributed by atoms with Gasteiger partial charge < -0.3 is 9.84 Å². The number of hydrogen-bond acceptors (Lipinski definition) is 6. The van der Waals surface area contributed by atoms with Crippen molar-refractivity contribution < 1.29 is 19.4 Å². The Morgan fingerprint density at radius 1 is 1.21 bits per heavy atom. The molecule has 0 radical (unpaired) electrons. The smallest absolute Gasteiger partial charge is 0.311 e. The third-order valence-electron chi connectivity index (χ3n) is 7.11. The molecule has 0 saturated heterocycles. The van der Waals surface area contributed by atoms with Gasteiger partial charge in [-0.05, 0) is 57.1 Å². The van der Waals surface area contributed by atoms with Crippen LogP contribution in [0.5, 0.6) is 0 Å². The van der Waals surface area contributed by atoms with Gasteiger partial charge in [0.05, 0.1) is 28.1 Å². The van der Waals surface area contributed by atoms with Gasteiger partial charge in [-0.25, -0.2) is 4.98 Å². The van der Waals surface area contributed by atoms with Crippen LogP contribution in [0.1, 0.15) is 84.3 Å². The summed E-state index contributed by atoms with van der Waals surface area (Å²) in [6, 6.07) is 0. The molecule has 5 atom stereocenters. The average molecular weight is 476 g/mol. The van der Waals surface area contributed by atoms with Crippen LogP contribution in [0, 0.1) is 30.1 Å². The number of carbonyl (C=O) groups excluding carboxylic acids is 2. The Labute approximate surface area is 203 Å². The van der Waals surface area contributed by atoms with Crippen molar-refractivity contribution in [3.63, 3.8) is 0 Å². The highest BCUT2D eigenvalue weighted by Crippen LogP contribution is 2.33. The molecule has 6 heteroatoms. The molecule has 0 saturated carbocycles. The Balaban J connectivity index is 2.30. The van der Waals surface area contributed by atoms with Gasteiger partial charge in [0.15, 0.2) is 0 Å². The topological polar surface area (TPSA) is 76.5 Å². The molecule has 0 spiro atoms. The molecule has 1 N–H and O–H groups in total. The Morgan fingerprint density at radius 3 is 2.55 bits per heavy atom. The SMILES string of the molecule is C/C(=C\c1csc(C)n1)[C@@H]1C/C=C\CCC[C@H](C)[C@H](C)CC(=O)C(C)(C)[C@@H](O)C(C)C(=O)O1. The number of nitrogens with zero attached hydrogens (tertiary/aromatic N) is 1. The number of rotatable bonds is 2. The lowest BCUT2D eigenvalue weighted by atomic mass is 9.73. The highest BCUT2D eigenvalue weighted by atomic mass is 32.1. The summed E-state index contributed by atoms with van der Waals surface area (Å²) in [6.45, 7) is 13.3. The maximum atomic E-state index is 13.1. The first-order chi connectivity index (χ1) is 15.4. The molecule has 1 aliphatic rings. The summed E-state index contributed by atoms with van der Waals surface area (Å²) in [7, 11) is 0. The minimum atomic E-state index is -1.12. The van der Waals surface area contributed by atoms with Crippen LogP contribution in [-0.2, 0) is 14.3 Å². The van der Waals surface area contributed by atoms with E-state index in [4.69, 9.17) is 4.74 Å². The maximum Gasteiger partial charge on any atom is 0.311 e. The number of Topliss-reactive ketones (excluding diaryl/α,β-unsaturated/α-hetero) is 1. The fourth-order valence-corrected chi connectivity index (χ4v) is 4.77. The zero-order valence-corrected chi connectivity index (χ0v) is 22.1. The number of ketones is 1. The number of aliphatic hydroxyl groups is 1. The first kappa shape index (κ1) is 27.5. The number of aromatic nitrogens is 1. The summed E-state index contributed by atoms with van der Waals surface area (Å²) >= 11 is 1.58. The molecule has 2 rings (SSSR count). The van der Waals surface area contributed by atoms with Gasteiger partial charge in [0, 0.05) is 18.2 Å². The molecule has 1 aromatic rings. The molecule has 0 amide bonds. The highest BCUT2D eigenvalue weighted by Gasteiger charge is 2.42. The molecule has 33 heavy (non-hydrogen) atoms. The average Bonchev–Trinajstić information content (AvgIpc) is 3.17. The number of ether oxygens (including phenoxy) is 1. The van der Waals surface area contributed by atoms with Crippen molar-refractivity contribution in [2.24, 2.45) is 23.2 Å². The van der Waals surface area contributed by atoms with Gasteiger partial charge in [-0.2, -0.15) is 0 Å². The quantitative estimate of drug-likeness (QED) is 0.410. The van der Waals surface area contributed by atoms with Crippen molar-refractivity contribution in [3.8, 4) is 0 Å². The van der Waals surface area contributed by atoms with Crippen LogP contribution in [0.15, 0.2) is 23.1 Å². The van der Waals surface area contributed by atoms with Gasteiger partial charge in [0.2, 0.25) is 0 Å². The molecule has 1 aromatic heterocycles. The van der Waals surface area contributed by atoms with E-state index >= 15 is 0 Å². The molecular weight excluding hydrogens is 434 g/mol. The van der Waals surface area contributed by atoms with Gasteiger partial charge in [0.25, 0.3) is 0 Å². The molecule has 184 valence electrons. The van der Waals surface area contributed by atoms with E-state index in [1.54, 1.807) is 32.1 Å². The van der Waals surface area contributed by atoms with Gasteiger partial charge in [-0.3, -0.25) is 9.59 Å². The molecule has 0 bridgehead atoms. The highest BCUT2D eigenvalue weighted by molar-refractivity contribution is 7.09. The van der Waals surface area contributed by atoms with Crippen molar-refractivity contribution in [2.75, 3.05) is 0 Å². The number of hydrogen-bond donors (Lipinski definition) is 1. The lowest BCUT2D eigenvalue weighted by Crippen LogP contribution is -2.45. The minimum Gasteiger partial charge on any atom is -0.457 e. The Hall–Kier alpha value is -1.79. The minimum absolute atomic E-state index is 0.00693. The number of esters is 1. The van der Waals surface area contributed by atoms with E-state index in [1.165, 1.54) is 0 Å². The van der Waals surface area contributed by atoms with E-state index in [2.05, 4.69) is 31.0 Å². The van der Waals surface area contributed by atoms with Gasteiger partial charge in [-0.15, -0.1) is 11.3 Å². The third-order valence-corrected chi connectivity index (χ3v) is 7.90. The second-order valence-corrected chi connectivity index (χ2v) is 11.3. The fraction of sp³-hybridized carbons (Fsp3) is 0.667. The van der Waals surface area contributed by atoms with Crippen LogP contribution in [-0.4, -0.2) is 34.1 Å². The number of allylic oxidation sites excluding steroid dienone is 1. The summed E-state index contributed by atoms with van der Waals surface area (Å²) in [5.41, 5.74) is 0.728. The zero-order chi connectivity index (χ0) is 24.8. The molecular formula is C27H41NO4S. The zero-order valence-electron chi connectivity index (χ0n) is 21.3. The summed E-state index contributed by atoms with van der Waals surface area (Å²) < 4.78 is 5.89. The number of aryl methyl sites for hydroxylation is 1. The van der Waals surface area contributed by atoms with Gasteiger partial charge >= 0.3 is 5.97 Å². The normalized spacial score (nSPS) is 31.8. The van der Waals surface area contributed by atoms with Crippen LogP contribution in [0.2, 0.25) is 0 Å². The predicted octanol–water partition coefficient (Wildman–Crippen LogP) is 6.15. The molecule has 0 aliphatic carbocycles. The summed E-state index contributed by atoms with van der Waals surface area (Å²) in [5.74, 6) is -0.657. The fourth-order valence-electron chi connectivity index (χ4n) is 4.20. The largest absolute Gasteiger partial charge is 0.457 e. The molecule has 0 aromatic carbocycles. The van der Waals surface area contributed by atoms with E-state index < -0.39 is 29.5 Å². The van der Waals surface area contributed by atoms with E-state index in [9.17, 15) is 14.7 Å². The van der Waals surface area contributed by atoms with Crippen molar-refractivity contribution in [1.82, 2.24) is 4.98 Å². The van der Waals surface area contributed by atoms with Gasteiger partial charge in [0.1, 0.15) is 11.9 Å². The molecule has 1 aliphatic heterocycles. The number of thiazole rings is 1. The first-order valence-corrected chi connectivity index (χ1v) is 13.0. The lowest BCUT2D eigenvalue weighted by molar-refractivity contribution is -0.160. The monoisotopic (exact) mass is 475 g/mol. The van der Waals surface area contributed by atoms with E-state index in [0.29, 0.717) is 18.8 Å². The second kappa shape index (κ2) is 12.1. The number of carbonyl (C=O) groups is 2. The van der Waals surface area contributed by atoms with E-state index in [-0.39, 0.29) is 11.7 Å². The lowest BCUT2D eigenvalue weighted by Gasteiger charge is -2.34. The number of cyclic esters (lactones) is 1. The van der Waals surface area contributed by atoms with Gasteiger partial charge in [-0.1, -0.05) is 46.3 Å². The Kier molecular flexibility index (Phi) is 10.0. The van der Waals surface area contributed by atoms with E-state index in [0.717, 1.165) is 35.5 Å². The molecule has 0 fully saturated rings. The van der Waals surface area contributed by atoms with E-state index in [1.807, 2.05) is 25.3 Å². The summed E-state index contributed by atoms with van der Waals surface area (Å²) in [4.78, 5) is 30.6. The second-order valence-electron chi connectivity index (χ2n) is 10.3. The van der Waals surface area contributed by atoms with Crippen molar-refractivity contribution in [2.45, 2.75) is 92.8 Å². The van der Waals surface area contributed by atoms with Crippen LogP contribution in [0.25, 0.3) is 6.08 Å².